The molecule has 28 heavy (non-hydrogen) atoms. The molecule has 2 aromatic carbocycles. The number of carbonyl (C=O) groups is 2. The Morgan fingerprint density at radius 3 is 2.39 bits per heavy atom. The van der Waals surface area contributed by atoms with Crippen molar-refractivity contribution in [1.82, 2.24) is 10.2 Å². The monoisotopic (exact) mass is 420 g/mol. The number of thioether (sulfide) groups is 1. The van der Waals surface area contributed by atoms with E-state index < -0.39 is 17.0 Å². The summed E-state index contributed by atoms with van der Waals surface area (Å²) in [7, 11) is 0. The lowest BCUT2D eigenvalue weighted by atomic mass is 10.1. The van der Waals surface area contributed by atoms with Gasteiger partial charge in [-0.25, -0.2) is 4.39 Å². The smallest absolute Gasteiger partial charge is 0.257 e. The molecule has 1 saturated heterocycles. The third-order valence-corrected chi connectivity index (χ3v) is 5.95. The lowest BCUT2D eigenvalue weighted by Gasteiger charge is -2.31. The highest BCUT2D eigenvalue weighted by molar-refractivity contribution is 7.99. The third kappa shape index (κ3) is 4.50. The summed E-state index contributed by atoms with van der Waals surface area (Å²) in [6.07, 6.45) is 0. The van der Waals surface area contributed by atoms with Gasteiger partial charge in [0, 0.05) is 11.3 Å². The van der Waals surface area contributed by atoms with Gasteiger partial charge in [-0.1, -0.05) is 35.9 Å². The van der Waals surface area contributed by atoms with Gasteiger partial charge in [-0.3, -0.25) is 9.59 Å². The minimum Gasteiger partial charge on any atom is -0.350 e. The van der Waals surface area contributed by atoms with Crippen LogP contribution in [0, 0.1) is 5.82 Å². The van der Waals surface area contributed by atoms with Crippen molar-refractivity contribution in [2.45, 2.75) is 37.7 Å². The second-order valence-electron chi connectivity index (χ2n) is 7.68. The van der Waals surface area contributed by atoms with E-state index in [9.17, 15) is 14.0 Å². The zero-order valence-corrected chi connectivity index (χ0v) is 17.5. The van der Waals surface area contributed by atoms with Gasteiger partial charge in [-0.15, -0.1) is 11.8 Å². The predicted molar refractivity (Wildman–Crippen MR) is 111 cm³/mol. The maximum atomic E-state index is 13.4. The molecule has 0 radical (unpaired) electrons. The molecule has 0 unspecified atom stereocenters. The number of rotatable bonds is 3. The van der Waals surface area contributed by atoms with E-state index in [4.69, 9.17) is 11.6 Å². The van der Waals surface area contributed by atoms with Crippen molar-refractivity contribution in [3.8, 4) is 0 Å². The highest BCUT2D eigenvalue weighted by Gasteiger charge is 2.43. The summed E-state index contributed by atoms with van der Waals surface area (Å²) in [5.41, 5.74) is 0.680. The summed E-state index contributed by atoms with van der Waals surface area (Å²) in [6, 6.07) is 12.1. The number of hydrogen-bond acceptors (Lipinski definition) is 3. The van der Waals surface area contributed by atoms with Crippen molar-refractivity contribution in [3.63, 3.8) is 0 Å². The zero-order chi connectivity index (χ0) is 20.5. The quantitative estimate of drug-likeness (QED) is 0.786. The fraction of sp³-hybridized carbons (Fsp3) is 0.333. The minimum absolute atomic E-state index is 0.218. The van der Waals surface area contributed by atoms with Gasteiger partial charge in [0.05, 0.1) is 10.6 Å². The Bertz CT molecular complexity index is 883. The van der Waals surface area contributed by atoms with Gasteiger partial charge in [0.25, 0.3) is 5.91 Å². The lowest BCUT2D eigenvalue weighted by molar-refractivity contribution is -0.126. The Morgan fingerprint density at radius 2 is 1.79 bits per heavy atom. The Morgan fingerprint density at radius 1 is 1.14 bits per heavy atom. The molecule has 1 heterocycles. The van der Waals surface area contributed by atoms with Gasteiger partial charge in [-0.2, -0.15) is 0 Å². The first-order chi connectivity index (χ1) is 13.2. The highest BCUT2D eigenvalue weighted by atomic mass is 35.5. The minimum atomic E-state index is -0.650. The molecule has 2 aromatic rings. The Kier molecular flexibility index (Phi) is 6.01. The first kappa shape index (κ1) is 20.7. The number of amides is 2. The first-order valence-corrected chi connectivity index (χ1v) is 10.4. The van der Waals surface area contributed by atoms with Crippen LogP contribution in [0.15, 0.2) is 48.5 Å². The molecule has 0 aliphatic carbocycles. The van der Waals surface area contributed by atoms with Crippen LogP contribution in [0.1, 0.15) is 42.1 Å². The summed E-state index contributed by atoms with van der Waals surface area (Å²) in [4.78, 5) is 27.8. The number of nitrogens with one attached hydrogen (secondary N) is 1. The summed E-state index contributed by atoms with van der Waals surface area (Å²) in [5, 5.41) is 2.88. The van der Waals surface area contributed by atoms with Crippen molar-refractivity contribution < 1.29 is 14.0 Å². The van der Waals surface area contributed by atoms with Crippen LogP contribution in [-0.4, -0.2) is 34.0 Å². The van der Waals surface area contributed by atoms with Crippen LogP contribution in [0.4, 0.5) is 4.39 Å². The lowest BCUT2D eigenvalue weighted by Crippen LogP contribution is -2.52. The van der Waals surface area contributed by atoms with Crippen molar-refractivity contribution >= 4 is 35.2 Å². The molecule has 1 aliphatic heterocycles. The fourth-order valence-corrected chi connectivity index (χ4v) is 4.71. The molecule has 2 atom stereocenters. The van der Waals surface area contributed by atoms with Gasteiger partial charge in [-0.05, 0) is 50.6 Å². The average molecular weight is 421 g/mol. The molecule has 0 spiro atoms. The van der Waals surface area contributed by atoms with Gasteiger partial charge in [0.1, 0.15) is 17.2 Å². The molecule has 1 aliphatic rings. The molecule has 1 N–H and O–H groups in total. The molecule has 2 amide bonds. The van der Waals surface area contributed by atoms with E-state index in [0.717, 1.165) is 5.56 Å². The number of benzene rings is 2. The van der Waals surface area contributed by atoms with Crippen LogP contribution in [0.3, 0.4) is 0 Å². The van der Waals surface area contributed by atoms with E-state index in [1.54, 1.807) is 41.3 Å². The van der Waals surface area contributed by atoms with Crippen LogP contribution in [-0.2, 0) is 4.79 Å². The van der Waals surface area contributed by atoms with E-state index in [-0.39, 0.29) is 17.6 Å². The highest BCUT2D eigenvalue weighted by Crippen LogP contribution is 2.43. The molecule has 3 rings (SSSR count). The summed E-state index contributed by atoms with van der Waals surface area (Å²) >= 11 is 7.72. The maximum absolute atomic E-state index is 13.4. The van der Waals surface area contributed by atoms with Gasteiger partial charge in [0.15, 0.2) is 0 Å². The molecule has 7 heteroatoms. The van der Waals surface area contributed by atoms with E-state index in [1.807, 2.05) is 20.8 Å². The van der Waals surface area contributed by atoms with E-state index in [0.29, 0.717) is 16.3 Å². The molecule has 0 aromatic heterocycles. The number of nitrogens with zero attached hydrogens (tertiary/aromatic N) is 1. The Labute approximate surface area is 173 Å². The second-order valence-corrected chi connectivity index (χ2v) is 9.20. The molecule has 0 bridgehead atoms. The fourth-order valence-electron chi connectivity index (χ4n) is 3.07. The Balaban J connectivity index is 1.99. The van der Waals surface area contributed by atoms with Crippen LogP contribution >= 0.6 is 23.4 Å². The molecule has 0 saturated carbocycles. The Hall–Kier alpha value is -2.05. The molecular weight excluding hydrogens is 399 g/mol. The van der Waals surface area contributed by atoms with Crippen LogP contribution in [0.2, 0.25) is 5.02 Å². The van der Waals surface area contributed by atoms with E-state index >= 15 is 0 Å². The number of halogens is 2. The number of carbonyl (C=O) groups excluding carboxylic acids is 2. The SMILES string of the molecule is CC(C)(C)NC(=O)[C@@H]1CS[C@H](c2ccc(F)cc2)N1C(=O)c1ccccc1Cl. The van der Waals surface area contributed by atoms with Gasteiger partial charge >= 0.3 is 0 Å². The van der Waals surface area contributed by atoms with Crippen molar-refractivity contribution in [2.24, 2.45) is 0 Å². The normalized spacial score (nSPS) is 19.5. The topological polar surface area (TPSA) is 49.4 Å². The maximum Gasteiger partial charge on any atom is 0.257 e. The van der Waals surface area contributed by atoms with E-state index in [2.05, 4.69) is 5.32 Å². The van der Waals surface area contributed by atoms with Gasteiger partial charge in [0.2, 0.25) is 5.91 Å². The van der Waals surface area contributed by atoms with Crippen LogP contribution in [0.25, 0.3) is 0 Å². The standard InChI is InChI=1S/C21H22ClFN2O2S/c1-21(2,3)24-18(26)17-12-28-20(13-8-10-14(23)11-9-13)25(17)19(27)15-6-4-5-7-16(15)22/h4-11,17,20H,12H2,1-3H3,(H,24,26)/t17-,20+/m0/s1. The van der Waals surface area contributed by atoms with Crippen molar-refractivity contribution in [1.29, 1.82) is 0 Å². The van der Waals surface area contributed by atoms with Crippen LogP contribution in [0.5, 0.6) is 0 Å². The summed E-state index contributed by atoms with van der Waals surface area (Å²) in [5.74, 6) is -0.443. The zero-order valence-electron chi connectivity index (χ0n) is 15.9. The van der Waals surface area contributed by atoms with Crippen molar-refractivity contribution in [3.05, 3.63) is 70.5 Å². The first-order valence-electron chi connectivity index (χ1n) is 8.93. The summed E-state index contributed by atoms with van der Waals surface area (Å²) < 4.78 is 13.4. The average Bonchev–Trinajstić information content (AvgIpc) is 3.06. The summed E-state index contributed by atoms with van der Waals surface area (Å²) in [6.45, 7) is 5.68. The van der Waals surface area contributed by atoms with Crippen LogP contribution < -0.4 is 5.32 Å². The largest absolute Gasteiger partial charge is 0.350 e. The second kappa shape index (κ2) is 8.13. The molecule has 148 valence electrons. The number of hydrogen-bond donors (Lipinski definition) is 1. The molecule has 1 fully saturated rings. The van der Waals surface area contributed by atoms with Crippen molar-refractivity contribution in [2.75, 3.05) is 5.75 Å². The van der Waals surface area contributed by atoms with Gasteiger partial charge < -0.3 is 10.2 Å². The van der Waals surface area contributed by atoms with E-state index in [1.165, 1.54) is 23.9 Å². The predicted octanol–water partition coefficient (Wildman–Crippen LogP) is 4.65. The third-order valence-electron chi connectivity index (χ3n) is 4.30. The molecular formula is C21H22ClFN2O2S. The molecule has 4 nitrogen and oxygen atoms in total.